The molecule has 0 saturated carbocycles. The third-order valence-corrected chi connectivity index (χ3v) is 5.98. The number of thiophene rings is 1. The molecule has 0 bridgehead atoms. The summed E-state index contributed by atoms with van der Waals surface area (Å²) < 4.78 is 19.3. The largest absolute Gasteiger partial charge is 0.459 e. The maximum atomic E-state index is 13.5. The molecule has 0 aliphatic carbocycles. The van der Waals surface area contributed by atoms with Gasteiger partial charge in [0.05, 0.1) is 12.6 Å². The summed E-state index contributed by atoms with van der Waals surface area (Å²) in [6.07, 6.45) is 1.00. The van der Waals surface area contributed by atoms with Crippen molar-refractivity contribution in [1.29, 1.82) is 0 Å². The van der Waals surface area contributed by atoms with E-state index < -0.39 is 0 Å². The van der Waals surface area contributed by atoms with Gasteiger partial charge in [-0.3, -0.25) is 9.69 Å². The molecule has 0 fully saturated rings. The molecule has 1 aliphatic rings. The van der Waals surface area contributed by atoms with E-state index in [1.807, 2.05) is 13.8 Å². The highest BCUT2D eigenvalue weighted by Crippen LogP contribution is 2.30. The molecule has 1 amide bonds. The Kier molecular flexibility index (Phi) is 4.54. The summed E-state index contributed by atoms with van der Waals surface area (Å²) in [5, 5.41) is 5.88. The van der Waals surface area contributed by atoms with Gasteiger partial charge in [0, 0.05) is 28.9 Å². The molecule has 0 unspecified atom stereocenters. The predicted molar refractivity (Wildman–Crippen MR) is 101 cm³/mol. The first-order chi connectivity index (χ1) is 12.5. The van der Waals surface area contributed by atoms with Gasteiger partial charge in [-0.1, -0.05) is 0 Å². The number of nitrogens with one attached hydrogen (secondary N) is 1. The molecule has 6 heteroatoms. The number of furan rings is 1. The standard InChI is InChI=1S/C20H21FN2O2S/c1-12-16-9-15(21)3-4-17(16)25-20(12)13(2)22-19(24)11-23-7-5-18-14(10-23)6-8-26-18/h3-4,6,8-9,13H,5,7,10-11H2,1-2H3,(H,22,24)/t13-/m0/s1. The molecule has 0 saturated heterocycles. The van der Waals surface area contributed by atoms with Crippen LogP contribution in [0.3, 0.4) is 0 Å². The number of amides is 1. The Morgan fingerprint density at radius 1 is 1.42 bits per heavy atom. The average molecular weight is 372 g/mol. The van der Waals surface area contributed by atoms with Gasteiger partial charge in [0.1, 0.15) is 17.2 Å². The molecular weight excluding hydrogens is 351 g/mol. The molecule has 2 aromatic heterocycles. The van der Waals surface area contributed by atoms with Crippen LogP contribution in [0.2, 0.25) is 0 Å². The van der Waals surface area contributed by atoms with Crippen molar-refractivity contribution in [3.05, 3.63) is 57.2 Å². The normalized spacial score (nSPS) is 15.8. The Hall–Kier alpha value is -2.18. The van der Waals surface area contributed by atoms with Crippen LogP contribution in [0.1, 0.15) is 34.7 Å². The van der Waals surface area contributed by atoms with Crippen molar-refractivity contribution >= 4 is 28.2 Å². The third-order valence-electron chi connectivity index (χ3n) is 4.96. The second-order valence-corrected chi connectivity index (χ2v) is 7.85. The Morgan fingerprint density at radius 2 is 2.27 bits per heavy atom. The molecule has 3 heterocycles. The Morgan fingerprint density at radius 3 is 3.12 bits per heavy atom. The number of carbonyl (C=O) groups is 1. The molecule has 0 radical (unpaired) electrons. The average Bonchev–Trinajstić information content (AvgIpc) is 3.19. The quantitative estimate of drug-likeness (QED) is 0.747. The van der Waals surface area contributed by atoms with Crippen LogP contribution >= 0.6 is 11.3 Å². The molecule has 136 valence electrons. The summed E-state index contributed by atoms with van der Waals surface area (Å²) in [6, 6.07) is 6.36. The Bertz CT molecular complexity index is 962. The Labute approximate surface area is 155 Å². The van der Waals surface area contributed by atoms with Crippen molar-refractivity contribution in [2.75, 3.05) is 13.1 Å². The summed E-state index contributed by atoms with van der Waals surface area (Å²) in [7, 11) is 0. The highest BCUT2D eigenvalue weighted by molar-refractivity contribution is 7.10. The van der Waals surface area contributed by atoms with Crippen LogP contribution in [0.25, 0.3) is 11.0 Å². The fraction of sp³-hybridized carbons (Fsp3) is 0.350. The predicted octanol–water partition coefficient (Wildman–Crippen LogP) is 4.18. The van der Waals surface area contributed by atoms with Crippen LogP contribution in [0.4, 0.5) is 4.39 Å². The van der Waals surface area contributed by atoms with Gasteiger partial charge in [0.15, 0.2) is 0 Å². The van der Waals surface area contributed by atoms with Crippen molar-refractivity contribution in [3.8, 4) is 0 Å². The molecule has 4 nitrogen and oxygen atoms in total. The van der Waals surface area contributed by atoms with E-state index in [1.54, 1.807) is 17.4 Å². The maximum Gasteiger partial charge on any atom is 0.234 e. The molecule has 26 heavy (non-hydrogen) atoms. The number of aryl methyl sites for hydroxylation is 1. The Balaban J connectivity index is 1.42. The zero-order chi connectivity index (χ0) is 18.3. The fourth-order valence-electron chi connectivity index (χ4n) is 3.62. The van der Waals surface area contributed by atoms with Crippen LogP contribution in [-0.2, 0) is 17.8 Å². The van der Waals surface area contributed by atoms with Gasteiger partial charge in [-0.2, -0.15) is 0 Å². The van der Waals surface area contributed by atoms with Crippen LogP contribution in [0.5, 0.6) is 0 Å². The lowest BCUT2D eigenvalue weighted by Gasteiger charge is -2.26. The van der Waals surface area contributed by atoms with E-state index in [0.29, 0.717) is 17.9 Å². The van der Waals surface area contributed by atoms with Gasteiger partial charge in [0.2, 0.25) is 5.91 Å². The highest BCUT2D eigenvalue weighted by Gasteiger charge is 2.22. The fourth-order valence-corrected chi connectivity index (χ4v) is 4.51. The number of fused-ring (bicyclic) bond motifs is 2. The van der Waals surface area contributed by atoms with E-state index in [-0.39, 0.29) is 17.8 Å². The molecule has 1 aliphatic heterocycles. The first-order valence-corrected chi connectivity index (χ1v) is 9.64. The van der Waals surface area contributed by atoms with Crippen molar-refractivity contribution in [3.63, 3.8) is 0 Å². The number of hydrogen-bond donors (Lipinski definition) is 1. The molecule has 1 N–H and O–H groups in total. The van der Waals surface area contributed by atoms with Crippen molar-refractivity contribution < 1.29 is 13.6 Å². The van der Waals surface area contributed by atoms with Crippen LogP contribution in [-0.4, -0.2) is 23.9 Å². The van der Waals surface area contributed by atoms with Gasteiger partial charge >= 0.3 is 0 Å². The van der Waals surface area contributed by atoms with E-state index >= 15 is 0 Å². The minimum absolute atomic E-state index is 0.0257. The second-order valence-electron chi connectivity index (χ2n) is 6.85. The SMILES string of the molecule is Cc1c([C@H](C)NC(=O)CN2CCc3sccc3C2)oc2ccc(F)cc12. The van der Waals surface area contributed by atoms with Gasteiger partial charge in [-0.05, 0) is 55.5 Å². The minimum atomic E-state index is -0.289. The van der Waals surface area contributed by atoms with Gasteiger partial charge in [-0.15, -0.1) is 11.3 Å². The molecule has 1 atom stereocenters. The maximum absolute atomic E-state index is 13.5. The molecule has 0 spiro atoms. The zero-order valence-electron chi connectivity index (χ0n) is 14.8. The van der Waals surface area contributed by atoms with E-state index in [4.69, 9.17) is 4.42 Å². The summed E-state index contributed by atoms with van der Waals surface area (Å²) in [6.45, 7) is 5.88. The lowest BCUT2D eigenvalue weighted by molar-refractivity contribution is -0.123. The summed E-state index contributed by atoms with van der Waals surface area (Å²) in [5.74, 6) is 0.363. The minimum Gasteiger partial charge on any atom is -0.459 e. The monoisotopic (exact) mass is 372 g/mol. The zero-order valence-corrected chi connectivity index (χ0v) is 15.7. The van der Waals surface area contributed by atoms with Crippen molar-refractivity contribution in [2.45, 2.75) is 32.9 Å². The number of benzene rings is 1. The molecule has 4 rings (SSSR count). The number of halogens is 1. The van der Waals surface area contributed by atoms with E-state index in [2.05, 4.69) is 21.7 Å². The summed E-state index contributed by atoms with van der Waals surface area (Å²) >= 11 is 1.79. The molecular formula is C20H21FN2O2S. The molecule has 3 aromatic rings. The molecule has 1 aromatic carbocycles. The van der Waals surface area contributed by atoms with Crippen molar-refractivity contribution in [1.82, 2.24) is 10.2 Å². The smallest absolute Gasteiger partial charge is 0.234 e. The number of carbonyl (C=O) groups excluding carboxylic acids is 1. The van der Waals surface area contributed by atoms with E-state index in [1.165, 1.54) is 22.6 Å². The third kappa shape index (κ3) is 3.27. The van der Waals surface area contributed by atoms with Gasteiger partial charge in [-0.25, -0.2) is 4.39 Å². The van der Waals surface area contributed by atoms with Crippen LogP contribution in [0.15, 0.2) is 34.1 Å². The van der Waals surface area contributed by atoms with Gasteiger partial charge < -0.3 is 9.73 Å². The first-order valence-electron chi connectivity index (χ1n) is 8.77. The summed E-state index contributed by atoms with van der Waals surface area (Å²) in [5.41, 5.74) is 2.84. The lowest BCUT2D eigenvalue weighted by atomic mass is 10.1. The lowest BCUT2D eigenvalue weighted by Crippen LogP contribution is -2.40. The number of rotatable bonds is 4. The number of hydrogen-bond acceptors (Lipinski definition) is 4. The van der Waals surface area contributed by atoms with E-state index in [9.17, 15) is 9.18 Å². The first kappa shape index (κ1) is 17.2. The topological polar surface area (TPSA) is 45.5 Å². The second kappa shape index (κ2) is 6.85. The van der Waals surface area contributed by atoms with Crippen LogP contribution in [0, 0.1) is 12.7 Å². The highest BCUT2D eigenvalue weighted by atomic mass is 32.1. The van der Waals surface area contributed by atoms with Crippen molar-refractivity contribution in [2.24, 2.45) is 0 Å². The van der Waals surface area contributed by atoms with E-state index in [0.717, 1.165) is 30.5 Å². The van der Waals surface area contributed by atoms with Crippen LogP contribution < -0.4 is 5.32 Å². The summed E-state index contributed by atoms with van der Waals surface area (Å²) in [4.78, 5) is 16.1. The number of nitrogens with zero attached hydrogens (tertiary/aromatic N) is 1. The van der Waals surface area contributed by atoms with Gasteiger partial charge in [0.25, 0.3) is 0 Å².